The highest BCUT2D eigenvalue weighted by atomic mass is 15.2. The first kappa shape index (κ1) is 27.3. The van der Waals surface area contributed by atoms with E-state index in [1.54, 1.807) is 0 Å². The molecule has 0 atom stereocenters. The third-order valence-electron chi connectivity index (χ3n) is 9.08. The zero-order valence-corrected chi connectivity index (χ0v) is 23.7. The lowest BCUT2D eigenvalue weighted by atomic mass is 9.95. The van der Waals surface area contributed by atoms with Crippen molar-refractivity contribution in [3.8, 4) is 0 Å². The fourth-order valence-corrected chi connectivity index (χ4v) is 6.79. The first-order chi connectivity index (χ1) is 18.8. The highest BCUT2D eigenvalue weighted by Gasteiger charge is 2.19. The van der Waals surface area contributed by atoms with Crippen molar-refractivity contribution in [1.29, 1.82) is 0 Å². The van der Waals surface area contributed by atoms with Gasteiger partial charge in [-0.15, -0.1) is 0 Å². The normalized spacial score (nSPS) is 23.7. The Balaban J connectivity index is 1.23. The molecule has 1 aromatic rings. The molecular formula is C32H52N6. The van der Waals surface area contributed by atoms with E-state index in [9.17, 15) is 0 Å². The number of aliphatic imine (C=N–C) groups is 2. The lowest BCUT2D eigenvalue weighted by Gasteiger charge is -2.27. The fraction of sp³-hybridized carbons (Fsp3) is 0.750. The quantitative estimate of drug-likeness (QED) is 0.229. The van der Waals surface area contributed by atoms with Crippen LogP contribution < -0.4 is 21.3 Å². The molecule has 6 nitrogen and oxygen atoms in total. The van der Waals surface area contributed by atoms with Crippen LogP contribution in [0.15, 0.2) is 34.3 Å². The van der Waals surface area contributed by atoms with Crippen LogP contribution in [0.4, 0.5) is 11.4 Å². The van der Waals surface area contributed by atoms with E-state index in [0.717, 1.165) is 23.3 Å². The highest BCUT2D eigenvalue weighted by Crippen LogP contribution is 2.24. The summed E-state index contributed by atoms with van der Waals surface area (Å²) in [4.78, 5) is 10.4. The maximum absolute atomic E-state index is 5.18. The lowest BCUT2D eigenvalue weighted by molar-refractivity contribution is 0.408. The second kappa shape index (κ2) is 14.8. The van der Waals surface area contributed by atoms with Gasteiger partial charge in [-0.1, -0.05) is 77.0 Å². The van der Waals surface area contributed by atoms with E-state index in [2.05, 4.69) is 45.5 Å². The minimum absolute atomic E-state index is 0.452. The number of guanidine groups is 2. The van der Waals surface area contributed by atoms with Gasteiger partial charge in [0.1, 0.15) is 0 Å². The van der Waals surface area contributed by atoms with Gasteiger partial charge in [0.05, 0.1) is 12.1 Å². The van der Waals surface area contributed by atoms with Gasteiger partial charge in [0, 0.05) is 23.5 Å². The number of nitrogens with one attached hydrogen (secondary N) is 4. The molecule has 0 unspecified atom stereocenters. The minimum atomic E-state index is 0.452. The Kier molecular flexibility index (Phi) is 10.6. The first-order valence-electron chi connectivity index (χ1n) is 16.1. The average molecular weight is 521 g/mol. The fourth-order valence-electron chi connectivity index (χ4n) is 6.79. The Labute approximate surface area is 231 Å². The van der Waals surface area contributed by atoms with E-state index in [1.807, 2.05) is 0 Å². The molecule has 5 rings (SSSR count). The largest absolute Gasteiger partial charge is 0.353 e. The lowest BCUT2D eigenvalue weighted by Crippen LogP contribution is -2.41. The van der Waals surface area contributed by atoms with Crippen LogP contribution in [0.3, 0.4) is 0 Å². The SMILES string of the molecule is c1cc(NC(=NC2CCCCC2)NC2CCCCC2)ccc1NC(=NC1CCCCC1)NC1CCCCC1. The molecule has 0 spiro atoms. The summed E-state index contributed by atoms with van der Waals surface area (Å²) < 4.78 is 0. The maximum atomic E-state index is 5.18. The van der Waals surface area contributed by atoms with Crippen LogP contribution in [0.5, 0.6) is 0 Å². The van der Waals surface area contributed by atoms with Gasteiger partial charge < -0.3 is 21.3 Å². The molecule has 0 amide bonds. The molecule has 38 heavy (non-hydrogen) atoms. The van der Waals surface area contributed by atoms with Crippen molar-refractivity contribution in [3.63, 3.8) is 0 Å². The standard InChI is InChI=1S/C32H52N6/c1-5-13-25(14-6-1)33-31(34-26-15-7-2-8-16-26)37-29-21-23-30(24-22-29)38-32(35-27-17-9-3-10-18-27)36-28-19-11-4-12-20-28/h21-28H,1-20H2,(H2,33,34,37)(H2,35,36,38). The van der Waals surface area contributed by atoms with E-state index in [0.29, 0.717) is 24.2 Å². The Hall–Kier alpha value is -2.24. The number of nitrogens with zero attached hydrogens (tertiary/aromatic N) is 2. The molecule has 4 aliphatic rings. The van der Waals surface area contributed by atoms with Crippen molar-refractivity contribution in [2.24, 2.45) is 9.98 Å². The van der Waals surface area contributed by atoms with Crippen molar-refractivity contribution in [2.45, 2.75) is 153 Å². The van der Waals surface area contributed by atoms with Gasteiger partial charge >= 0.3 is 0 Å². The van der Waals surface area contributed by atoms with Crippen molar-refractivity contribution < 1.29 is 0 Å². The maximum Gasteiger partial charge on any atom is 0.196 e. The van der Waals surface area contributed by atoms with E-state index >= 15 is 0 Å². The van der Waals surface area contributed by atoms with Crippen LogP contribution in [-0.4, -0.2) is 36.1 Å². The molecule has 0 saturated heterocycles. The number of rotatable bonds is 6. The van der Waals surface area contributed by atoms with Crippen molar-refractivity contribution in [3.05, 3.63) is 24.3 Å². The van der Waals surface area contributed by atoms with Gasteiger partial charge in [0.25, 0.3) is 0 Å². The van der Waals surface area contributed by atoms with E-state index < -0.39 is 0 Å². The van der Waals surface area contributed by atoms with Crippen LogP contribution in [-0.2, 0) is 0 Å². The first-order valence-corrected chi connectivity index (χ1v) is 16.1. The molecule has 4 aliphatic carbocycles. The van der Waals surface area contributed by atoms with Gasteiger partial charge in [-0.05, 0) is 75.6 Å². The van der Waals surface area contributed by atoms with Gasteiger partial charge in [-0.3, -0.25) is 0 Å². The van der Waals surface area contributed by atoms with Gasteiger partial charge in [0.2, 0.25) is 0 Å². The number of hydrogen-bond donors (Lipinski definition) is 4. The van der Waals surface area contributed by atoms with Crippen LogP contribution in [0.1, 0.15) is 128 Å². The van der Waals surface area contributed by atoms with Crippen molar-refractivity contribution in [2.75, 3.05) is 10.6 Å². The van der Waals surface area contributed by atoms with E-state index in [-0.39, 0.29) is 0 Å². The zero-order valence-electron chi connectivity index (χ0n) is 23.7. The number of hydrogen-bond acceptors (Lipinski definition) is 2. The molecule has 4 N–H and O–H groups in total. The summed E-state index contributed by atoms with van der Waals surface area (Å²) in [6.45, 7) is 0. The van der Waals surface area contributed by atoms with Crippen LogP contribution in [0, 0.1) is 0 Å². The van der Waals surface area contributed by atoms with E-state index in [1.165, 1.54) is 128 Å². The van der Waals surface area contributed by atoms with Crippen molar-refractivity contribution >= 4 is 23.3 Å². The Morgan fingerprint density at radius 2 is 0.763 bits per heavy atom. The summed E-state index contributed by atoms with van der Waals surface area (Å²) in [6.07, 6.45) is 25.9. The van der Waals surface area contributed by atoms with Gasteiger partial charge in [-0.2, -0.15) is 0 Å². The van der Waals surface area contributed by atoms with Crippen LogP contribution in [0.25, 0.3) is 0 Å². The molecule has 4 fully saturated rings. The van der Waals surface area contributed by atoms with Crippen LogP contribution >= 0.6 is 0 Å². The Morgan fingerprint density at radius 1 is 0.447 bits per heavy atom. The van der Waals surface area contributed by atoms with Crippen molar-refractivity contribution in [1.82, 2.24) is 10.6 Å². The molecule has 0 bridgehead atoms. The minimum Gasteiger partial charge on any atom is -0.353 e. The Bertz CT molecular complexity index is 797. The Morgan fingerprint density at radius 3 is 1.11 bits per heavy atom. The number of benzene rings is 1. The zero-order chi connectivity index (χ0) is 25.8. The highest BCUT2D eigenvalue weighted by molar-refractivity contribution is 5.96. The molecule has 0 radical (unpaired) electrons. The monoisotopic (exact) mass is 520 g/mol. The van der Waals surface area contributed by atoms with E-state index in [4.69, 9.17) is 9.98 Å². The molecule has 0 aromatic heterocycles. The summed E-state index contributed by atoms with van der Waals surface area (Å²) in [5, 5.41) is 14.9. The molecule has 0 aliphatic heterocycles. The second-order valence-electron chi connectivity index (χ2n) is 12.3. The summed E-state index contributed by atoms with van der Waals surface area (Å²) in [5.41, 5.74) is 2.19. The summed E-state index contributed by atoms with van der Waals surface area (Å²) >= 11 is 0. The average Bonchev–Trinajstić information content (AvgIpc) is 2.96. The summed E-state index contributed by atoms with van der Waals surface area (Å²) in [7, 11) is 0. The van der Waals surface area contributed by atoms with Gasteiger partial charge in [0.15, 0.2) is 11.9 Å². The van der Waals surface area contributed by atoms with Gasteiger partial charge in [-0.25, -0.2) is 9.98 Å². The molecular weight excluding hydrogens is 468 g/mol. The predicted molar refractivity (Wildman–Crippen MR) is 162 cm³/mol. The molecule has 210 valence electrons. The molecule has 4 saturated carbocycles. The summed E-state index contributed by atoms with van der Waals surface area (Å²) in [6, 6.07) is 10.7. The topological polar surface area (TPSA) is 72.8 Å². The summed E-state index contributed by atoms with van der Waals surface area (Å²) in [5.74, 6) is 1.95. The number of anilines is 2. The smallest absolute Gasteiger partial charge is 0.196 e. The predicted octanol–water partition coefficient (Wildman–Crippen LogP) is 7.73. The molecule has 6 heteroatoms. The molecule has 1 aromatic carbocycles. The second-order valence-corrected chi connectivity index (χ2v) is 12.3. The third kappa shape index (κ3) is 8.91. The van der Waals surface area contributed by atoms with Crippen LogP contribution in [0.2, 0.25) is 0 Å². The molecule has 0 heterocycles. The third-order valence-corrected chi connectivity index (χ3v) is 9.08.